The zero-order valence-electron chi connectivity index (χ0n) is 21.2. The van der Waals surface area contributed by atoms with E-state index < -0.39 is 6.04 Å². The van der Waals surface area contributed by atoms with Gasteiger partial charge in [-0.05, 0) is 65.9 Å². The molecule has 3 aromatic carbocycles. The Balaban J connectivity index is 1.72. The number of hydrogen-bond donors (Lipinski definition) is 0. The molecule has 0 bridgehead atoms. The number of carbonyl (C=O) groups is 1. The number of nitrogens with zero attached hydrogens (tertiary/aromatic N) is 1. The number of methoxy groups -OCH3 is 1. The lowest BCUT2D eigenvalue weighted by molar-refractivity contribution is 0.0971. The van der Waals surface area contributed by atoms with Gasteiger partial charge in [0.15, 0.2) is 16.9 Å². The van der Waals surface area contributed by atoms with Gasteiger partial charge in [0, 0.05) is 10.2 Å². The highest BCUT2D eigenvalue weighted by Gasteiger charge is 2.44. The minimum absolute atomic E-state index is 0.0588. The molecule has 1 aromatic heterocycles. The molecule has 0 radical (unpaired) electrons. The fraction of sp³-hybridized carbons (Fsp3) is 0.267. The van der Waals surface area contributed by atoms with Crippen LogP contribution in [0, 0.1) is 5.92 Å². The summed E-state index contributed by atoms with van der Waals surface area (Å²) in [4.78, 5) is 29.3. The number of amides is 1. The van der Waals surface area contributed by atoms with E-state index in [2.05, 4.69) is 36.7 Å². The van der Waals surface area contributed by atoms with Gasteiger partial charge in [0.25, 0.3) is 5.91 Å². The van der Waals surface area contributed by atoms with Gasteiger partial charge in [-0.25, -0.2) is 0 Å². The van der Waals surface area contributed by atoms with Crippen molar-refractivity contribution in [3.63, 3.8) is 0 Å². The number of ether oxygens (including phenoxy) is 2. The molecule has 0 saturated heterocycles. The molecule has 190 valence electrons. The summed E-state index contributed by atoms with van der Waals surface area (Å²) in [5, 5.41) is 0.415. The summed E-state index contributed by atoms with van der Waals surface area (Å²) >= 11 is 3.44. The summed E-state index contributed by atoms with van der Waals surface area (Å²) in [6.07, 6.45) is 0.882. The molecule has 4 aromatic rings. The molecule has 6 nitrogen and oxygen atoms in total. The highest BCUT2D eigenvalue weighted by molar-refractivity contribution is 9.10. The van der Waals surface area contributed by atoms with Gasteiger partial charge in [-0.2, -0.15) is 0 Å². The van der Waals surface area contributed by atoms with Crippen molar-refractivity contribution < 1.29 is 18.7 Å². The molecule has 2 heterocycles. The number of anilines is 1. The molecule has 1 aliphatic rings. The maximum Gasteiger partial charge on any atom is 0.295 e. The molecular formula is C30H28BrNO5. The fourth-order valence-corrected chi connectivity index (χ4v) is 5.01. The summed E-state index contributed by atoms with van der Waals surface area (Å²) in [6, 6.07) is 17.9. The maximum absolute atomic E-state index is 13.9. The first-order valence-corrected chi connectivity index (χ1v) is 13.1. The summed E-state index contributed by atoms with van der Waals surface area (Å²) in [7, 11) is 1.58. The minimum atomic E-state index is -0.692. The van der Waals surface area contributed by atoms with E-state index >= 15 is 0 Å². The molecule has 0 spiro atoms. The van der Waals surface area contributed by atoms with Crippen LogP contribution in [0.3, 0.4) is 0 Å². The molecule has 1 unspecified atom stereocenters. The van der Waals surface area contributed by atoms with E-state index in [1.165, 1.54) is 0 Å². The van der Waals surface area contributed by atoms with E-state index in [9.17, 15) is 9.59 Å². The van der Waals surface area contributed by atoms with Gasteiger partial charge >= 0.3 is 0 Å². The van der Waals surface area contributed by atoms with Crippen molar-refractivity contribution in [3.05, 3.63) is 97.8 Å². The van der Waals surface area contributed by atoms with Crippen molar-refractivity contribution in [2.45, 2.75) is 33.2 Å². The Kier molecular flexibility index (Phi) is 6.82. The molecule has 5 rings (SSSR count). The largest absolute Gasteiger partial charge is 0.493 e. The van der Waals surface area contributed by atoms with Crippen molar-refractivity contribution in [3.8, 4) is 11.5 Å². The number of rotatable bonds is 7. The Bertz CT molecular complexity index is 1540. The van der Waals surface area contributed by atoms with Gasteiger partial charge in [0.1, 0.15) is 5.58 Å². The normalized spacial score (nSPS) is 14.9. The second-order valence-corrected chi connectivity index (χ2v) is 10.4. The molecule has 1 amide bonds. The Hall–Kier alpha value is -3.58. The predicted molar refractivity (Wildman–Crippen MR) is 148 cm³/mol. The summed E-state index contributed by atoms with van der Waals surface area (Å²) < 4.78 is 18.4. The van der Waals surface area contributed by atoms with Crippen LogP contribution in [0.5, 0.6) is 11.5 Å². The van der Waals surface area contributed by atoms with Crippen LogP contribution in [0.1, 0.15) is 54.1 Å². The van der Waals surface area contributed by atoms with E-state index in [4.69, 9.17) is 13.9 Å². The first-order chi connectivity index (χ1) is 17.8. The summed E-state index contributed by atoms with van der Waals surface area (Å²) in [5.41, 5.74) is 3.01. The molecule has 1 atom stereocenters. The fourth-order valence-electron chi connectivity index (χ4n) is 4.65. The van der Waals surface area contributed by atoms with Gasteiger partial charge in [0.05, 0.1) is 30.7 Å². The molecule has 1 aliphatic heterocycles. The Morgan fingerprint density at radius 1 is 1.00 bits per heavy atom. The lowest BCUT2D eigenvalue weighted by atomic mass is 9.97. The van der Waals surface area contributed by atoms with E-state index in [1.54, 1.807) is 30.2 Å². The zero-order valence-corrected chi connectivity index (χ0v) is 22.8. The van der Waals surface area contributed by atoms with Crippen LogP contribution in [-0.4, -0.2) is 19.6 Å². The number of fused-ring (bicyclic) bond motifs is 2. The topological polar surface area (TPSA) is 69.0 Å². The number of aryl methyl sites for hydroxylation is 1. The molecule has 37 heavy (non-hydrogen) atoms. The average molecular weight is 562 g/mol. The minimum Gasteiger partial charge on any atom is -0.493 e. The van der Waals surface area contributed by atoms with Gasteiger partial charge < -0.3 is 13.9 Å². The molecule has 0 fully saturated rings. The van der Waals surface area contributed by atoms with Crippen LogP contribution in [0.15, 0.2) is 74.3 Å². The van der Waals surface area contributed by atoms with Crippen molar-refractivity contribution in [1.29, 1.82) is 0 Å². The second-order valence-electron chi connectivity index (χ2n) is 9.53. The number of carbonyl (C=O) groups excluding carboxylic acids is 1. The number of benzene rings is 3. The number of halogens is 1. The van der Waals surface area contributed by atoms with Crippen LogP contribution in [0.2, 0.25) is 0 Å². The van der Waals surface area contributed by atoms with Crippen LogP contribution in [0.25, 0.3) is 11.0 Å². The van der Waals surface area contributed by atoms with E-state index in [0.29, 0.717) is 46.2 Å². The predicted octanol–water partition coefficient (Wildman–Crippen LogP) is 6.91. The van der Waals surface area contributed by atoms with E-state index in [0.717, 1.165) is 22.0 Å². The second kappa shape index (κ2) is 10.1. The van der Waals surface area contributed by atoms with E-state index in [1.807, 2.05) is 42.5 Å². The van der Waals surface area contributed by atoms with Crippen LogP contribution in [-0.2, 0) is 6.42 Å². The lowest BCUT2D eigenvalue weighted by Crippen LogP contribution is -2.29. The van der Waals surface area contributed by atoms with Gasteiger partial charge in [-0.1, -0.05) is 54.9 Å². The molecule has 0 saturated carbocycles. The van der Waals surface area contributed by atoms with Crippen molar-refractivity contribution in [1.82, 2.24) is 0 Å². The lowest BCUT2D eigenvalue weighted by Gasteiger charge is -2.26. The first kappa shape index (κ1) is 25.1. The monoisotopic (exact) mass is 561 g/mol. The molecule has 0 N–H and O–H groups in total. The maximum atomic E-state index is 13.9. The average Bonchev–Trinajstić information content (AvgIpc) is 3.20. The van der Waals surface area contributed by atoms with Crippen molar-refractivity contribution in [2.24, 2.45) is 5.92 Å². The zero-order chi connectivity index (χ0) is 26.3. The number of hydrogen-bond acceptors (Lipinski definition) is 5. The van der Waals surface area contributed by atoms with Gasteiger partial charge in [-0.3, -0.25) is 14.5 Å². The third-order valence-corrected chi connectivity index (χ3v) is 7.02. The van der Waals surface area contributed by atoms with Gasteiger partial charge in [-0.15, -0.1) is 0 Å². The van der Waals surface area contributed by atoms with Crippen LogP contribution in [0.4, 0.5) is 5.69 Å². The SMILES string of the molecule is CCc1ccc(N2C(=O)c3oc4ccc(Br)cc4c(=O)c3C2c2ccc(OCC(C)C)c(OC)c2)cc1. The Morgan fingerprint density at radius 2 is 1.76 bits per heavy atom. The molecule has 0 aliphatic carbocycles. The third kappa shape index (κ3) is 4.53. The highest BCUT2D eigenvalue weighted by Crippen LogP contribution is 2.43. The quantitative estimate of drug-likeness (QED) is 0.245. The first-order valence-electron chi connectivity index (χ1n) is 12.3. The van der Waals surface area contributed by atoms with Crippen LogP contribution < -0.4 is 19.8 Å². The standard InChI is InChI=1S/C30H28BrNO5/c1-5-18-6-10-21(11-7-18)32-27(19-8-12-24(25(14-19)35-4)36-16-17(2)3)26-28(33)22-15-20(31)9-13-23(22)37-29(26)30(32)34/h6-15,17,27H,5,16H2,1-4H3. The van der Waals surface area contributed by atoms with Crippen LogP contribution >= 0.6 is 15.9 Å². The molecule has 7 heteroatoms. The van der Waals surface area contributed by atoms with Crippen molar-refractivity contribution >= 4 is 38.5 Å². The Morgan fingerprint density at radius 3 is 2.43 bits per heavy atom. The van der Waals surface area contributed by atoms with Gasteiger partial charge in [0.2, 0.25) is 5.76 Å². The van der Waals surface area contributed by atoms with Crippen molar-refractivity contribution in [2.75, 3.05) is 18.6 Å². The highest BCUT2D eigenvalue weighted by atomic mass is 79.9. The third-order valence-electron chi connectivity index (χ3n) is 6.53. The molecular weight excluding hydrogens is 534 g/mol. The smallest absolute Gasteiger partial charge is 0.295 e. The Labute approximate surface area is 223 Å². The summed E-state index contributed by atoms with van der Waals surface area (Å²) in [5.74, 6) is 1.20. The summed E-state index contributed by atoms with van der Waals surface area (Å²) in [6.45, 7) is 6.77. The van der Waals surface area contributed by atoms with E-state index in [-0.39, 0.29) is 17.1 Å².